The summed E-state index contributed by atoms with van der Waals surface area (Å²) in [7, 11) is 0. The van der Waals surface area contributed by atoms with E-state index in [2.05, 4.69) is 15.9 Å². The van der Waals surface area contributed by atoms with Gasteiger partial charge in [-0.2, -0.15) is 0 Å². The minimum absolute atomic E-state index is 0.358. The molecule has 3 heteroatoms. The van der Waals surface area contributed by atoms with Gasteiger partial charge < -0.3 is 4.74 Å². The maximum Gasteiger partial charge on any atom is 0.344 e. The van der Waals surface area contributed by atoms with Crippen molar-refractivity contribution in [3.8, 4) is 5.75 Å². The molecule has 0 saturated heterocycles. The van der Waals surface area contributed by atoms with Crippen LogP contribution in [0.4, 0.5) is 0 Å². The first-order chi connectivity index (χ1) is 8.16. The van der Waals surface area contributed by atoms with Gasteiger partial charge in [0.15, 0.2) is 0 Å². The van der Waals surface area contributed by atoms with Gasteiger partial charge in [0.2, 0.25) is 0 Å². The van der Waals surface area contributed by atoms with Crippen molar-refractivity contribution in [2.24, 2.45) is 0 Å². The maximum atomic E-state index is 11.9. The molecule has 0 aliphatic carbocycles. The number of ether oxygens (including phenoxy) is 1. The van der Waals surface area contributed by atoms with Crippen molar-refractivity contribution in [3.63, 3.8) is 0 Å². The Morgan fingerprint density at radius 1 is 1.12 bits per heavy atom. The zero-order valence-corrected chi connectivity index (χ0v) is 10.9. The van der Waals surface area contributed by atoms with Gasteiger partial charge in [0, 0.05) is 4.47 Å². The number of aryl methyl sites for hydroxylation is 1. The van der Waals surface area contributed by atoms with Crippen LogP contribution in [-0.2, 0) is 0 Å². The van der Waals surface area contributed by atoms with E-state index in [1.165, 1.54) is 0 Å². The number of hydrogen-bond donors (Lipinski definition) is 0. The summed E-state index contributed by atoms with van der Waals surface area (Å²) in [5, 5.41) is 0. The Labute approximate surface area is 108 Å². The number of halogens is 1. The summed E-state index contributed by atoms with van der Waals surface area (Å²) in [5.41, 5.74) is 1.58. The Balaban J connectivity index is 2.20. The van der Waals surface area contributed by atoms with Gasteiger partial charge in [0.1, 0.15) is 5.75 Å². The summed E-state index contributed by atoms with van der Waals surface area (Å²) >= 11 is 3.32. The lowest BCUT2D eigenvalue weighted by atomic mass is 10.2. The first kappa shape index (κ1) is 11.9. The van der Waals surface area contributed by atoms with Crippen LogP contribution >= 0.6 is 15.9 Å². The zero-order valence-electron chi connectivity index (χ0n) is 9.31. The van der Waals surface area contributed by atoms with Crippen molar-refractivity contribution in [3.05, 3.63) is 64.1 Å². The zero-order chi connectivity index (χ0) is 12.3. The van der Waals surface area contributed by atoms with Crippen molar-refractivity contribution >= 4 is 21.9 Å². The van der Waals surface area contributed by atoms with Crippen molar-refractivity contribution < 1.29 is 9.53 Å². The van der Waals surface area contributed by atoms with Crippen LogP contribution in [-0.4, -0.2) is 5.97 Å². The predicted molar refractivity (Wildman–Crippen MR) is 70.3 cm³/mol. The van der Waals surface area contributed by atoms with E-state index in [1.807, 2.05) is 37.3 Å². The lowest BCUT2D eigenvalue weighted by molar-refractivity contribution is 0.0734. The minimum Gasteiger partial charge on any atom is -0.423 e. The summed E-state index contributed by atoms with van der Waals surface area (Å²) in [4.78, 5) is 11.9. The van der Waals surface area contributed by atoms with Crippen LogP contribution in [0.2, 0.25) is 0 Å². The Bertz CT molecular complexity index is 549. The second kappa shape index (κ2) is 5.15. The summed E-state index contributed by atoms with van der Waals surface area (Å²) in [6.07, 6.45) is 0. The first-order valence-electron chi connectivity index (χ1n) is 5.20. The molecular weight excluding hydrogens is 280 g/mol. The molecule has 0 atom stereocenters. The molecule has 0 unspecified atom stereocenters. The molecule has 0 N–H and O–H groups in total. The quantitative estimate of drug-likeness (QED) is 0.618. The van der Waals surface area contributed by atoms with Gasteiger partial charge in [0.25, 0.3) is 0 Å². The fraction of sp³-hybridized carbons (Fsp3) is 0.0714. The maximum absolute atomic E-state index is 11.9. The van der Waals surface area contributed by atoms with Gasteiger partial charge in [-0.1, -0.05) is 24.3 Å². The highest BCUT2D eigenvalue weighted by Crippen LogP contribution is 2.19. The van der Waals surface area contributed by atoms with Crippen LogP contribution in [0.5, 0.6) is 5.75 Å². The van der Waals surface area contributed by atoms with Gasteiger partial charge in [-0.25, -0.2) is 4.79 Å². The smallest absolute Gasteiger partial charge is 0.344 e. The van der Waals surface area contributed by atoms with Crippen LogP contribution in [0.1, 0.15) is 15.9 Å². The van der Waals surface area contributed by atoms with Crippen molar-refractivity contribution in [1.29, 1.82) is 0 Å². The van der Waals surface area contributed by atoms with Crippen LogP contribution in [0.25, 0.3) is 0 Å². The first-order valence-corrected chi connectivity index (χ1v) is 5.99. The normalized spacial score (nSPS) is 10.0. The molecule has 0 aromatic heterocycles. The summed E-state index contributed by atoms with van der Waals surface area (Å²) in [6, 6.07) is 14.6. The minimum atomic E-state index is -0.358. The third kappa shape index (κ3) is 2.94. The Kier molecular flexibility index (Phi) is 3.59. The molecule has 2 aromatic rings. The number of benzene rings is 2. The van der Waals surface area contributed by atoms with Crippen LogP contribution in [0.3, 0.4) is 0 Å². The molecule has 86 valence electrons. The summed E-state index contributed by atoms with van der Waals surface area (Å²) in [6.45, 7) is 1.95. The number of carbonyl (C=O) groups is 1. The van der Waals surface area contributed by atoms with E-state index in [0.717, 1.165) is 10.0 Å². The Morgan fingerprint density at radius 2 is 1.88 bits per heavy atom. The molecule has 0 fully saturated rings. The second-order valence-electron chi connectivity index (χ2n) is 3.69. The Morgan fingerprint density at radius 3 is 2.59 bits per heavy atom. The molecule has 0 aliphatic heterocycles. The molecule has 2 nitrogen and oxygen atoms in total. The lowest BCUT2D eigenvalue weighted by Crippen LogP contribution is -2.09. The summed E-state index contributed by atoms with van der Waals surface area (Å²) < 4.78 is 6.03. The largest absolute Gasteiger partial charge is 0.423 e. The molecule has 2 rings (SSSR count). The van der Waals surface area contributed by atoms with Crippen molar-refractivity contribution in [2.75, 3.05) is 0 Å². The molecule has 0 saturated carbocycles. The van der Waals surface area contributed by atoms with E-state index in [4.69, 9.17) is 4.74 Å². The number of esters is 1. The van der Waals surface area contributed by atoms with Gasteiger partial charge in [-0.15, -0.1) is 0 Å². The van der Waals surface area contributed by atoms with Gasteiger partial charge in [0.05, 0.1) is 5.56 Å². The monoisotopic (exact) mass is 290 g/mol. The van der Waals surface area contributed by atoms with Crippen molar-refractivity contribution in [1.82, 2.24) is 0 Å². The standard InChI is InChI=1S/C14H11BrO2/c1-10-5-4-6-11(9-10)17-14(16)12-7-2-3-8-13(12)15/h2-9H,1H3. The van der Waals surface area contributed by atoms with E-state index in [1.54, 1.807) is 18.2 Å². The molecule has 2 aromatic carbocycles. The second-order valence-corrected chi connectivity index (χ2v) is 4.54. The molecule has 0 amide bonds. The highest BCUT2D eigenvalue weighted by molar-refractivity contribution is 9.10. The molecule has 0 radical (unpaired) electrons. The third-order valence-electron chi connectivity index (χ3n) is 2.29. The van der Waals surface area contributed by atoms with Crippen LogP contribution in [0, 0.1) is 6.92 Å². The van der Waals surface area contributed by atoms with Gasteiger partial charge in [-0.3, -0.25) is 0 Å². The molecule has 17 heavy (non-hydrogen) atoms. The fourth-order valence-electron chi connectivity index (χ4n) is 1.47. The summed E-state index contributed by atoms with van der Waals surface area (Å²) in [5.74, 6) is 0.203. The molecule has 0 heterocycles. The van der Waals surface area contributed by atoms with Crippen LogP contribution < -0.4 is 4.74 Å². The number of rotatable bonds is 2. The van der Waals surface area contributed by atoms with E-state index >= 15 is 0 Å². The van der Waals surface area contributed by atoms with Gasteiger partial charge >= 0.3 is 5.97 Å². The molecule has 0 bridgehead atoms. The molecule has 0 spiro atoms. The van der Waals surface area contributed by atoms with Gasteiger partial charge in [-0.05, 0) is 52.7 Å². The lowest BCUT2D eigenvalue weighted by Gasteiger charge is -2.06. The molecule has 0 aliphatic rings. The van der Waals surface area contributed by atoms with E-state index in [9.17, 15) is 4.79 Å². The molecular formula is C14H11BrO2. The Hall–Kier alpha value is -1.61. The van der Waals surface area contributed by atoms with Crippen molar-refractivity contribution in [2.45, 2.75) is 6.92 Å². The van der Waals surface area contributed by atoms with Crippen LogP contribution in [0.15, 0.2) is 53.0 Å². The van der Waals surface area contributed by atoms with E-state index in [-0.39, 0.29) is 5.97 Å². The fourth-order valence-corrected chi connectivity index (χ4v) is 1.91. The predicted octanol–water partition coefficient (Wildman–Crippen LogP) is 3.98. The SMILES string of the molecule is Cc1cccc(OC(=O)c2ccccc2Br)c1. The van der Waals surface area contributed by atoms with E-state index < -0.39 is 0 Å². The average Bonchev–Trinajstić information content (AvgIpc) is 2.29. The number of carbonyl (C=O) groups excluding carboxylic acids is 1. The number of hydrogen-bond acceptors (Lipinski definition) is 2. The average molecular weight is 291 g/mol. The topological polar surface area (TPSA) is 26.3 Å². The van der Waals surface area contributed by atoms with E-state index in [0.29, 0.717) is 11.3 Å². The highest BCUT2D eigenvalue weighted by Gasteiger charge is 2.11. The third-order valence-corrected chi connectivity index (χ3v) is 2.99. The highest BCUT2D eigenvalue weighted by atomic mass is 79.9.